The molecule has 0 atom stereocenters. The van der Waals surface area contributed by atoms with Gasteiger partial charge in [-0.1, -0.05) is 48.5 Å². The highest BCUT2D eigenvalue weighted by Crippen LogP contribution is 2.36. The summed E-state index contributed by atoms with van der Waals surface area (Å²) in [4.78, 5) is 0.294. The largest absolute Gasteiger partial charge is 0.278 e. The van der Waals surface area contributed by atoms with Gasteiger partial charge in [0.25, 0.3) is 0 Å². The molecule has 1 N–H and O–H groups in total. The predicted octanol–water partition coefficient (Wildman–Crippen LogP) is 3.94. The van der Waals surface area contributed by atoms with Crippen LogP contribution in [0.4, 0.5) is 5.69 Å². The molecule has 0 aliphatic heterocycles. The topological polar surface area (TPSA) is 58.5 Å². The monoisotopic (exact) mass is 348 g/mol. The van der Waals surface area contributed by atoms with Gasteiger partial charge < -0.3 is 0 Å². The molecule has 4 rings (SSSR count). The first-order chi connectivity index (χ1) is 12.0. The maximum absolute atomic E-state index is 11.5. The molecule has 25 heavy (non-hydrogen) atoms. The molecular formula is C20H16N2O2S. The Kier molecular flexibility index (Phi) is 3.66. The molecule has 0 radical (unpaired) electrons. The fraction of sp³-hybridized carbons (Fsp3) is 0.0500. The van der Waals surface area contributed by atoms with E-state index >= 15 is 0 Å². The lowest BCUT2D eigenvalue weighted by atomic mass is 10.1. The normalized spacial score (nSPS) is 12.4. The summed E-state index contributed by atoms with van der Waals surface area (Å²) >= 11 is 0. The lowest BCUT2D eigenvalue weighted by Gasteiger charge is -2.05. The Balaban J connectivity index is 1.70. The molecule has 0 amide bonds. The molecule has 4 nitrogen and oxygen atoms in total. The molecule has 3 aromatic carbocycles. The molecule has 3 aromatic rings. The number of fused-ring (bicyclic) bond motifs is 3. The Morgan fingerprint density at radius 1 is 0.720 bits per heavy atom. The van der Waals surface area contributed by atoms with Gasteiger partial charge in [-0.2, -0.15) is 5.10 Å². The Labute approximate surface area is 146 Å². The van der Waals surface area contributed by atoms with Gasteiger partial charge in [0, 0.05) is 17.4 Å². The number of hydrogen-bond donors (Lipinski definition) is 1. The number of anilines is 1. The van der Waals surface area contributed by atoms with Crippen LogP contribution in [0, 0.1) is 0 Å². The average molecular weight is 348 g/mol. The zero-order chi connectivity index (χ0) is 17.4. The smallest absolute Gasteiger partial charge is 0.175 e. The molecule has 0 saturated carbocycles. The van der Waals surface area contributed by atoms with E-state index in [0.717, 1.165) is 22.5 Å². The lowest BCUT2D eigenvalue weighted by Crippen LogP contribution is -2.03. The van der Waals surface area contributed by atoms with Gasteiger partial charge in [-0.15, -0.1) is 0 Å². The summed E-state index contributed by atoms with van der Waals surface area (Å²) in [7, 11) is -3.19. The number of nitrogens with one attached hydrogen (secondary N) is 1. The molecule has 1 aliphatic carbocycles. The minimum Gasteiger partial charge on any atom is -0.278 e. The van der Waals surface area contributed by atoms with Gasteiger partial charge in [0.15, 0.2) is 9.84 Å². The van der Waals surface area contributed by atoms with Crippen molar-refractivity contribution in [1.82, 2.24) is 0 Å². The van der Waals surface area contributed by atoms with Crippen LogP contribution in [0.15, 0.2) is 82.8 Å². The van der Waals surface area contributed by atoms with Gasteiger partial charge in [0.1, 0.15) is 0 Å². The van der Waals surface area contributed by atoms with E-state index in [-0.39, 0.29) is 0 Å². The molecule has 0 bridgehead atoms. The highest BCUT2D eigenvalue weighted by atomic mass is 32.2. The number of nitrogens with zero attached hydrogens (tertiary/aromatic N) is 1. The van der Waals surface area contributed by atoms with Crippen molar-refractivity contribution < 1.29 is 8.42 Å². The summed E-state index contributed by atoms with van der Waals surface area (Å²) in [6.45, 7) is 0. The van der Waals surface area contributed by atoms with E-state index in [4.69, 9.17) is 0 Å². The number of sulfone groups is 1. The van der Waals surface area contributed by atoms with E-state index in [1.165, 1.54) is 17.4 Å². The van der Waals surface area contributed by atoms with Crippen molar-refractivity contribution in [1.29, 1.82) is 0 Å². The van der Waals surface area contributed by atoms with Crippen molar-refractivity contribution in [3.63, 3.8) is 0 Å². The zero-order valence-electron chi connectivity index (χ0n) is 13.6. The maximum Gasteiger partial charge on any atom is 0.175 e. The minimum atomic E-state index is -3.19. The van der Waals surface area contributed by atoms with Crippen LogP contribution in [0.2, 0.25) is 0 Å². The highest BCUT2D eigenvalue weighted by Gasteiger charge is 2.23. The molecule has 5 heteroatoms. The predicted molar refractivity (Wildman–Crippen MR) is 101 cm³/mol. The van der Waals surface area contributed by atoms with Crippen LogP contribution >= 0.6 is 0 Å². The van der Waals surface area contributed by atoms with Crippen molar-refractivity contribution in [2.24, 2.45) is 5.10 Å². The van der Waals surface area contributed by atoms with Gasteiger partial charge in [0.05, 0.1) is 16.3 Å². The third-order valence-corrected chi connectivity index (χ3v) is 5.36. The number of rotatable bonds is 3. The van der Waals surface area contributed by atoms with Crippen LogP contribution < -0.4 is 5.43 Å². The highest BCUT2D eigenvalue weighted by molar-refractivity contribution is 7.90. The first kappa shape index (κ1) is 15.6. The number of hydrogen-bond acceptors (Lipinski definition) is 4. The first-order valence-electron chi connectivity index (χ1n) is 7.87. The van der Waals surface area contributed by atoms with Crippen LogP contribution in [-0.2, 0) is 9.84 Å². The van der Waals surface area contributed by atoms with Gasteiger partial charge in [-0.05, 0) is 35.4 Å². The van der Waals surface area contributed by atoms with E-state index in [0.29, 0.717) is 4.90 Å². The second kappa shape index (κ2) is 5.86. The van der Waals surface area contributed by atoms with Crippen LogP contribution in [0.5, 0.6) is 0 Å². The lowest BCUT2D eigenvalue weighted by molar-refractivity contribution is 0.602. The fourth-order valence-electron chi connectivity index (χ4n) is 3.01. The van der Waals surface area contributed by atoms with E-state index in [1.54, 1.807) is 24.3 Å². The van der Waals surface area contributed by atoms with Gasteiger partial charge in [-0.3, -0.25) is 5.43 Å². The Hall–Kier alpha value is -2.92. The van der Waals surface area contributed by atoms with Crippen molar-refractivity contribution in [2.75, 3.05) is 11.7 Å². The van der Waals surface area contributed by atoms with E-state index < -0.39 is 9.84 Å². The number of hydrazone groups is 1. The van der Waals surface area contributed by atoms with Crippen molar-refractivity contribution in [3.05, 3.63) is 83.9 Å². The molecule has 1 aliphatic rings. The van der Waals surface area contributed by atoms with E-state index in [2.05, 4.69) is 34.8 Å². The SMILES string of the molecule is CS(=O)(=O)c1ccc(NN=C2c3ccccc3-c3ccccc32)cc1. The Morgan fingerprint density at radius 3 is 1.68 bits per heavy atom. The molecule has 0 fully saturated rings. The van der Waals surface area contributed by atoms with Crippen LogP contribution in [0.1, 0.15) is 11.1 Å². The maximum atomic E-state index is 11.5. The summed E-state index contributed by atoms with van der Waals surface area (Å²) in [6.07, 6.45) is 1.20. The quantitative estimate of drug-likeness (QED) is 0.571. The molecule has 0 aromatic heterocycles. The third kappa shape index (κ3) is 2.83. The molecule has 124 valence electrons. The molecule has 0 spiro atoms. The van der Waals surface area contributed by atoms with E-state index in [9.17, 15) is 8.42 Å². The summed E-state index contributed by atoms with van der Waals surface area (Å²) in [6, 6.07) is 22.9. The number of benzene rings is 3. The second-order valence-corrected chi connectivity index (χ2v) is 7.98. The summed E-state index contributed by atoms with van der Waals surface area (Å²) < 4.78 is 23.1. The molecule has 0 unspecified atom stereocenters. The van der Waals surface area contributed by atoms with Gasteiger partial charge >= 0.3 is 0 Å². The molecule has 0 heterocycles. The molecule has 0 saturated heterocycles. The zero-order valence-corrected chi connectivity index (χ0v) is 14.4. The van der Waals surface area contributed by atoms with Crippen molar-refractivity contribution in [2.45, 2.75) is 4.90 Å². The fourth-order valence-corrected chi connectivity index (χ4v) is 3.64. The standard InChI is InChI=1S/C20H16N2O2S/c1-25(23,24)15-12-10-14(11-13-15)21-22-20-18-8-4-2-6-16(18)17-7-3-5-9-19(17)20/h2-13,21H,1H3. The summed E-state index contributed by atoms with van der Waals surface area (Å²) in [5.41, 5.74) is 9.18. The van der Waals surface area contributed by atoms with Crippen molar-refractivity contribution in [3.8, 4) is 11.1 Å². The summed E-state index contributed by atoms with van der Waals surface area (Å²) in [5, 5.41) is 4.59. The van der Waals surface area contributed by atoms with Crippen molar-refractivity contribution >= 4 is 21.2 Å². The third-order valence-electron chi connectivity index (χ3n) is 4.23. The summed E-state index contributed by atoms with van der Waals surface area (Å²) in [5.74, 6) is 0. The Bertz CT molecular complexity index is 1040. The average Bonchev–Trinajstić information content (AvgIpc) is 2.94. The van der Waals surface area contributed by atoms with Gasteiger partial charge in [-0.25, -0.2) is 8.42 Å². The van der Waals surface area contributed by atoms with E-state index in [1.807, 2.05) is 24.3 Å². The van der Waals surface area contributed by atoms with Gasteiger partial charge in [0.2, 0.25) is 0 Å². The second-order valence-electron chi connectivity index (χ2n) is 5.96. The first-order valence-corrected chi connectivity index (χ1v) is 9.76. The Morgan fingerprint density at radius 2 is 1.20 bits per heavy atom. The van der Waals surface area contributed by atoms with Crippen LogP contribution in [0.25, 0.3) is 11.1 Å². The van der Waals surface area contributed by atoms with Crippen LogP contribution in [0.3, 0.4) is 0 Å². The van der Waals surface area contributed by atoms with Crippen LogP contribution in [-0.4, -0.2) is 20.4 Å². The minimum absolute atomic E-state index is 0.294. The molecular weight excluding hydrogens is 332 g/mol.